The fraction of sp³-hybridized carbons (Fsp3) is 0.500. The van der Waals surface area contributed by atoms with Crippen LogP contribution in [0, 0.1) is 11.7 Å². The third-order valence-electron chi connectivity index (χ3n) is 3.95. The van der Waals surface area contributed by atoms with Gasteiger partial charge >= 0.3 is 12.1 Å². The fourth-order valence-corrected chi connectivity index (χ4v) is 3.95. The zero-order valence-corrected chi connectivity index (χ0v) is 13.1. The summed E-state index contributed by atoms with van der Waals surface area (Å²) in [4.78, 5) is 10.2. The zero-order valence-electron chi connectivity index (χ0n) is 12.3. The van der Waals surface area contributed by atoms with Crippen LogP contribution in [0.5, 0.6) is 0 Å². The molecule has 0 unspecified atom stereocenters. The van der Waals surface area contributed by atoms with Crippen LogP contribution < -0.4 is 4.72 Å². The predicted molar refractivity (Wildman–Crippen MR) is 75.1 cm³/mol. The van der Waals surface area contributed by atoms with Crippen molar-refractivity contribution < 1.29 is 35.9 Å². The Hall–Kier alpha value is -1.68. The molecule has 134 valence electrons. The molecular weight excluding hydrogens is 354 g/mol. The second-order valence-corrected chi connectivity index (χ2v) is 7.36. The average Bonchev–Trinajstić information content (AvgIpc) is 2.46. The molecular formula is C14H15F4NO4S. The minimum Gasteiger partial charge on any atom is -0.481 e. The standard InChI is InChI=1S/C14H15F4NO4S/c15-12-7-10(5-6-11(12)14(16,17)18)24(22,23)19-9-3-1-8(2-4-9)13(20)21/h5-9,19H,1-4H2,(H,20,21). The molecule has 0 spiro atoms. The Morgan fingerprint density at radius 3 is 2.21 bits per heavy atom. The second-order valence-electron chi connectivity index (χ2n) is 5.65. The van der Waals surface area contributed by atoms with Crippen LogP contribution >= 0.6 is 0 Å². The molecule has 24 heavy (non-hydrogen) atoms. The molecule has 5 nitrogen and oxygen atoms in total. The van der Waals surface area contributed by atoms with Crippen LogP contribution in [-0.2, 0) is 21.0 Å². The van der Waals surface area contributed by atoms with Crippen molar-refractivity contribution in [3.63, 3.8) is 0 Å². The van der Waals surface area contributed by atoms with Gasteiger partial charge in [-0.3, -0.25) is 4.79 Å². The van der Waals surface area contributed by atoms with E-state index in [1.165, 1.54) is 0 Å². The highest BCUT2D eigenvalue weighted by Crippen LogP contribution is 2.32. The van der Waals surface area contributed by atoms with Crippen molar-refractivity contribution in [2.45, 2.75) is 42.8 Å². The fourth-order valence-electron chi connectivity index (χ4n) is 2.64. The Labute approximate surface area is 135 Å². The summed E-state index contributed by atoms with van der Waals surface area (Å²) < 4.78 is 77.6. The summed E-state index contributed by atoms with van der Waals surface area (Å²) in [6.07, 6.45) is -3.73. The van der Waals surface area contributed by atoms with Crippen LogP contribution in [0.1, 0.15) is 31.2 Å². The van der Waals surface area contributed by atoms with E-state index < -0.39 is 50.4 Å². The molecule has 0 bridgehead atoms. The first kappa shape index (κ1) is 18.7. The van der Waals surface area contributed by atoms with E-state index in [4.69, 9.17) is 5.11 Å². The van der Waals surface area contributed by atoms with E-state index in [0.29, 0.717) is 43.9 Å². The van der Waals surface area contributed by atoms with Gasteiger partial charge in [0, 0.05) is 6.04 Å². The summed E-state index contributed by atoms with van der Waals surface area (Å²) in [5.74, 6) is -3.14. The lowest BCUT2D eigenvalue weighted by atomic mass is 9.87. The second kappa shape index (κ2) is 6.67. The van der Waals surface area contributed by atoms with Gasteiger partial charge in [-0.25, -0.2) is 17.5 Å². The Bertz CT molecular complexity index is 725. The molecule has 1 fully saturated rings. The molecule has 1 aliphatic rings. The van der Waals surface area contributed by atoms with Crippen molar-refractivity contribution in [2.24, 2.45) is 5.92 Å². The van der Waals surface area contributed by atoms with Gasteiger partial charge in [0.25, 0.3) is 0 Å². The lowest BCUT2D eigenvalue weighted by molar-refractivity contribution is -0.143. The summed E-state index contributed by atoms with van der Waals surface area (Å²) in [5.41, 5.74) is -1.54. The van der Waals surface area contributed by atoms with Gasteiger partial charge < -0.3 is 5.11 Å². The number of carboxylic acid groups (broad SMARTS) is 1. The van der Waals surface area contributed by atoms with Gasteiger partial charge in [0.05, 0.1) is 16.4 Å². The van der Waals surface area contributed by atoms with Gasteiger partial charge in [0.1, 0.15) is 5.82 Å². The predicted octanol–water partition coefficient (Wildman–Crippen LogP) is 2.77. The highest BCUT2D eigenvalue weighted by atomic mass is 32.2. The van der Waals surface area contributed by atoms with Crippen LogP contribution in [0.15, 0.2) is 23.1 Å². The van der Waals surface area contributed by atoms with Crippen LogP contribution in [0.2, 0.25) is 0 Å². The summed E-state index contributed by atoms with van der Waals surface area (Å²) in [5, 5.41) is 8.89. The molecule has 0 radical (unpaired) electrons. The number of nitrogens with one attached hydrogen (secondary N) is 1. The van der Waals surface area contributed by atoms with E-state index >= 15 is 0 Å². The maximum atomic E-state index is 13.5. The van der Waals surface area contributed by atoms with Crippen molar-refractivity contribution in [1.82, 2.24) is 4.72 Å². The molecule has 10 heteroatoms. The molecule has 1 saturated carbocycles. The quantitative estimate of drug-likeness (QED) is 0.800. The van der Waals surface area contributed by atoms with Gasteiger partial charge in [-0.1, -0.05) is 0 Å². The highest BCUT2D eigenvalue weighted by molar-refractivity contribution is 7.89. The van der Waals surface area contributed by atoms with Crippen LogP contribution in [-0.4, -0.2) is 25.5 Å². The first-order chi connectivity index (χ1) is 11.0. The molecule has 0 amide bonds. The van der Waals surface area contributed by atoms with Crippen molar-refractivity contribution in [3.8, 4) is 0 Å². The molecule has 0 aliphatic heterocycles. The number of benzene rings is 1. The maximum Gasteiger partial charge on any atom is 0.419 e. The minimum atomic E-state index is -4.91. The summed E-state index contributed by atoms with van der Waals surface area (Å²) >= 11 is 0. The number of rotatable bonds is 4. The highest BCUT2D eigenvalue weighted by Gasteiger charge is 2.35. The molecule has 2 N–H and O–H groups in total. The van der Waals surface area contributed by atoms with Crippen molar-refractivity contribution in [1.29, 1.82) is 0 Å². The monoisotopic (exact) mass is 369 g/mol. The number of carbonyl (C=O) groups is 1. The van der Waals surface area contributed by atoms with Gasteiger partial charge in [-0.05, 0) is 43.9 Å². The lowest BCUT2D eigenvalue weighted by Crippen LogP contribution is -2.38. The smallest absolute Gasteiger partial charge is 0.419 e. The van der Waals surface area contributed by atoms with Crippen LogP contribution in [0.3, 0.4) is 0 Å². The van der Waals surface area contributed by atoms with Crippen LogP contribution in [0.4, 0.5) is 17.6 Å². The molecule has 0 aromatic heterocycles. The van der Waals surface area contributed by atoms with Crippen molar-refractivity contribution in [3.05, 3.63) is 29.6 Å². The number of aliphatic carboxylic acids is 1. The van der Waals surface area contributed by atoms with Gasteiger partial charge in [-0.15, -0.1) is 0 Å². The lowest BCUT2D eigenvalue weighted by Gasteiger charge is -2.26. The average molecular weight is 369 g/mol. The van der Waals surface area contributed by atoms with Crippen LogP contribution in [0.25, 0.3) is 0 Å². The molecule has 2 rings (SSSR count). The number of alkyl halides is 3. The number of hydrogen-bond donors (Lipinski definition) is 2. The topological polar surface area (TPSA) is 83.5 Å². The maximum absolute atomic E-state index is 13.5. The van der Waals surface area contributed by atoms with E-state index in [9.17, 15) is 30.8 Å². The van der Waals surface area contributed by atoms with E-state index in [-0.39, 0.29) is 0 Å². The first-order valence-electron chi connectivity index (χ1n) is 7.12. The Kier molecular flexibility index (Phi) is 5.19. The number of halogens is 4. The molecule has 0 heterocycles. The SMILES string of the molecule is O=C(O)C1CCC(NS(=O)(=O)c2ccc(C(F)(F)F)c(F)c2)CC1. The first-order valence-corrected chi connectivity index (χ1v) is 8.61. The summed E-state index contributed by atoms with van der Waals surface area (Å²) in [6, 6.07) is 0.868. The minimum absolute atomic E-state index is 0.291. The third-order valence-corrected chi connectivity index (χ3v) is 5.47. The Balaban J connectivity index is 2.11. The largest absolute Gasteiger partial charge is 0.481 e. The molecule has 1 aliphatic carbocycles. The number of hydrogen-bond acceptors (Lipinski definition) is 3. The van der Waals surface area contributed by atoms with E-state index in [0.717, 1.165) is 0 Å². The van der Waals surface area contributed by atoms with E-state index in [1.54, 1.807) is 0 Å². The number of sulfonamides is 1. The number of carboxylic acids is 1. The summed E-state index contributed by atoms with van der Waals surface area (Å²) in [7, 11) is -4.19. The Morgan fingerprint density at radius 2 is 1.75 bits per heavy atom. The molecule has 1 aromatic rings. The van der Waals surface area contributed by atoms with E-state index in [1.807, 2.05) is 0 Å². The third kappa shape index (κ3) is 4.23. The molecule has 0 atom stereocenters. The zero-order chi connectivity index (χ0) is 18.1. The van der Waals surface area contributed by atoms with Gasteiger partial charge in [0.15, 0.2) is 0 Å². The normalized spacial score (nSPS) is 22.3. The van der Waals surface area contributed by atoms with Crippen molar-refractivity contribution >= 4 is 16.0 Å². The van der Waals surface area contributed by atoms with Crippen molar-refractivity contribution in [2.75, 3.05) is 0 Å². The molecule has 0 saturated heterocycles. The van der Waals surface area contributed by atoms with Gasteiger partial charge in [-0.2, -0.15) is 13.2 Å². The van der Waals surface area contributed by atoms with E-state index in [2.05, 4.69) is 4.72 Å². The summed E-state index contributed by atoms with van der Waals surface area (Å²) in [6.45, 7) is 0. The molecule has 1 aromatic carbocycles. The Morgan fingerprint density at radius 1 is 1.17 bits per heavy atom. The van der Waals surface area contributed by atoms with Gasteiger partial charge in [0.2, 0.25) is 10.0 Å².